The summed E-state index contributed by atoms with van der Waals surface area (Å²) in [7, 11) is 0. The topological polar surface area (TPSA) is 61.4 Å². The molecule has 2 N–H and O–H groups in total. The van der Waals surface area contributed by atoms with Gasteiger partial charge in [0.05, 0.1) is 6.54 Å². The van der Waals surface area contributed by atoms with E-state index in [0.29, 0.717) is 23.7 Å². The summed E-state index contributed by atoms with van der Waals surface area (Å²) in [5.41, 5.74) is 1.38. The molecule has 0 spiro atoms. The van der Waals surface area contributed by atoms with Gasteiger partial charge in [0.1, 0.15) is 0 Å². The van der Waals surface area contributed by atoms with Crippen LogP contribution in [0, 0.1) is 6.92 Å². The first-order valence-electron chi connectivity index (χ1n) is 6.61. The lowest BCUT2D eigenvalue weighted by Gasteiger charge is -2.27. The van der Waals surface area contributed by atoms with Gasteiger partial charge in [0.25, 0.3) is 5.91 Å². The van der Waals surface area contributed by atoms with E-state index in [1.165, 1.54) is 0 Å². The molecule has 2 rings (SSSR count). The van der Waals surface area contributed by atoms with Gasteiger partial charge in [-0.15, -0.1) is 0 Å². The summed E-state index contributed by atoms with van der Waals surface area (Å²) in [4.78, 5) is 25.6. The average molecular weight is 296 g/mol. The quantitative estimate of drug-likeness (QED) is 0.867. The number of carbonyl (C=O) groups is 2. The van der Waals surface area contributed by atoms with Crippen LogP contribution in [0.25, 0.3) is 0 Å². The maximum atomic E-state index is 11.9. The molecule has 6 heteroatoms. The smallest absolute Gasteiger partial charge is 0.251 e. The molecule has 0 aliphatic carbocycles. The Hall–Kier alpha value is -1.59. The molecule has 0 aromatic heterocycles. The van der Waals surface area contributed by atoms with Crippen molar-refractivity contribution in [2.75, 3.05) is 32.7 Å². The molecule has 1 aliphatic rings. The summed E-state index contributed by atoms with van der Waals surface area (Å²) in [6, 6.07) is 5.10. The molecule has 0 bridgehead atoms. The van der Waals surface area contributed by atoms with Crippen LogP contribution in [-0.4, -0.2) is 49.4 Å². The van der Waals surface area contributed by atoms with Crippen LogP contribution < -0.4 is 10.6 Å². The Kier molecular flexibility index (Phi) is 4.98. The Morgan fingerprint density at radius 2 is 2.05 bits per heavy atom. The maximum absolute atomic E-state index is 11.9. The van der Waals surface area contributed by atoms with Crippen molar-refractivity contribution in [1.29, 1.82) is 0 Å². The van der Waals surface area contributed by atoms with Crippen molar-refractivity contribution in [3.05, 3.63) is 34.3 Å². The van der Waals surface area contributed by atoms with E-state index < -0.39 is 0 Å². The highest BCUT2D eigenvalue weighted by Crippen LogP contribution is 2.16. The van der Waals surface area contributed by atoms with E-state index in [0.717, 1.165) is 18.7 Å². The molecular weight excluding hydrogens is 278 g/mol. The molecule has 5 nitrogen and oxygen atoms in total. The summed E-state index contributed by atoms with van der Waals surface area (Å²) >= 11 is 5.98. The Morgan fingerprint density at radius 1 is 1.35 bits per heavy atom. The Bertz CT molecular complexity index is 513. The first-order chi connectivity index (χ1) is 9.58. The number of nitrogens with zero attached hydrogens (tertiary/aromatic N) is 1. The fourth-order valence-corrected chi connectivity index (χ4v) is 2.20. The van der Waals surface area contributed by atoms with Crippen LogP contribution >= 0.6 is 11.6 Å². The van der Waals surface area contributed by atoms with Gasteiger partial charge in [0.15, 0.2) is 0 Å². The lowest BCUT2D eigenvalue weighted by atomic mass is 10.1. The number of benzene rings is 1. The van der Waals surface area contributed by atoms with E-state index in [-0.39, 0.29) is 18.4 Å². The van der Waals surface area contributed by atoms with Crippen molar-refractivity contribution in [3.8, 4) is 0 Å². The second-order valence-electron chi connectivity index (χ2n) is 4.78. The summed E-state index contributed by atoms with van der Waals surface area (Å²) in [5.74, 6) is -0.339. The number of hydrogen-bond donors (Lipinski definition) is 2. The van der Waals surface area contributed by atoms with Gasteiger partial charge in [-0.3, -0.25) is 9.59 Å². The van der Waals surface area contributed by atoms with Crippen LogP contribution in [0.1, 0.15) is 15.9 Å². The SMILES string of the molecule is Cc1ccc(C(=O)NCC(=O)N2CCNCC2)cc1Cl. The number of halogens is 1. The first kappa shape index (κ1) is 14.8. The van der Waals surface area contributed by atoms with Crippen LogP contribution in [0.5, 0.6) is 0 Å². The first-order valence-corrected chi connectivity index (χ1v) is 6.98. The minimum atomic E-state index is -0.282. The average Bonchev–Trinajstić information content (AvgIpc) is 2.48. The van der Waals surface area contributed by atoms with E-state index >= 15 is 0 Å². The fourth-order valence-electron chi connectivity index (χ4n) is 2.02. The summed E-state index contributed by atoms with van der Waals surface area (Å²) in [6.07, 6.45) is 0. The van der Waals surface area contributed by atoms with Gasteiger partial charge in [0.2, 0.25) is 5.91 Å². The maximum Gasteiger partial charge on any atom is 0.251 e. The zero-order valence-corrected chi connectivity index (χ0v) is 12.2. The molecule has 20 heavy (non-hydrogen) atoms. The third kappa shape index (κ3) is 3.71. The second kappa shape index (κ2) is 6.72. The number of amides is 2. The third-order valence-corrected chi connectivity index (χ3v) is 3.71. The standard InChI is InChI=1S/C14H18ClN3O2/c1-10-2-3-11(8-12(10)15)14(20)17-9-13(19)18-6-4-16-5-7-18/h2-3,8,16H,4-7,9H2,1H3,(H,17,20). The summed E-state index contributed by atoms with van der Waals surface area (Å²) < 4.78 is 0. The van der Waals surface area contributed by atoms with Gasteiger partial charge in [0, 0.05) is 36.8 Å². The van der Waals surface area contributed by atoms with Crippen LogP contribution in [0.3, 0.4) is 0 Å². The van der Waals surface area contributed by atoms with Gasteiger partial charge in [-0.1, -0.05) is 17.7 Å². The van der Waals surface area contributed by atoms with Gasteiger partial charge in [-0.2, -0.15) is 0 Å². The highest BCUT2D eigenvalue weighted by atomic mass is 35.5. The number of aryl methyl sites for hydroxylation is 1. The lowest BCUT2D eigenvalue weighted by Crippen LogP contribution is -2.49. The zero-order chi connectivity index (χ0) is 14.5. The molecule has 1 fully saturated rings. The monoisotopic (exact) mass is 295 g/mol. The zero-order valence-electron chi connectivity index (χ0n) is 11.4. The minimum absolute atomic E-state index is 0.0182. The largest absolute Gasteiger partial charge is 0.343 e. The number of piperazine rings is 1. The van der Waals surface area contributed by atoms with Gasteiger partial charge < -0.3 is 15.5 Å². The number of hydrogen-bond acceptors (Lipinski definition) is 3. The third-order valence-electron chi connectivity index (χ3n) is 3.30. The van der Waals surface area contributed by atoms with Crippen molar-refractivity contribution in [2.45, 2.75) is 6.92 Å². The minimum Gasteiger partial charge on any atom is -0.343 e. The van der Waals surface area contributed by atoms with E-state index in [9.17, 15) is 9.59 Å². The number of carbonyl (C=O) groups excluding carboxylic acids is 2. The van der Waals surface area contributed by atoms with Gasteiger partial charge >= 0.3 is 0 Å². The molecule has 2 amide bonds. The molecule has 1 heterocycles. The lowest BCUT2D eigenvalue weighted by molar-refractivity contribution is -0.130. The van der Waals surface area contributed by atoms with Crippen LogP contribution in [0.2, 0.25) is 5.02 Å². The highest BCUT2D eigenvalue weighted by Gasteiger charge is 2.17. The summed E-state index contributed by atoms with van der Waals surface area (Å²) in [6.45, 7) is 4.86. The van der Waals surface area contributed by atoms with Crippen LogP contribution in [0.4, 0.5) is 0 Å². The molecular formula is C14H18ClN3O2. The predicted molar refractivity (Wildman–Crippen MR) is 78.0 cm³/mol. The normalized spacial score (nSPS) is 15.0. The molecule has 0 radical (unpaired) electrons. The van der Waals surface area contributed by atoms with Crippen molar-refractivity contribution in [3.63, 3.8) is 0 Å². The Balaban J connectivity index is 1.88. The van der Waals surface area contributed by atoms with E-state index in [1.54, 1.807) is 23.1 Å². The van der Waals surface area contributed by atoms with Gasteiger partial charge in [-0.05, 0) is 24.6 Å². The van der Waals surface area contributed by atoms with Crippen molar-refractivity contribution < 1.29 is 9.59 Å². The molecule has 1 aliphatic heterocycles. The highest BCUT2D eigenvalue weighted by molar-refractivity contribution is 6.31. The van der Waals surface area contributed by atoms with E-state index in [4.69, 9.17) is 11.6 Å². The van der Waals surface area contributed by atoms with E-state index in [1.807, 2.05) is 6.92 Å². The van der Waals surface area contributed by atoms with Crippen molar-refractivity contribution in [1.82, 2.24) is 15.5 Å². The molecule has 0 unspecified atom stereocenters. The molecule has 0 atom stereocenters. The molecule has 0 saturated carbocycles. The van der Waals surface area contributed by atoms with Gasteiger partial charge in [-0.25, -0.2) is 0 Å². The molecule has 1 aromatic carbocycles. The molecule has 1 aromatic rings. The van der Waals surface area contributed by atoms with Crippen molar-refractivity contribution in [2.24, 2.45) is 0 Å². The summed E-state index contributed by atoms with van der Waals surface area (Å²) in [5, 5.41) is 6.36. The molecule has 1 saturated heterocycles. The Morgan fingerprint density at radius 3 is 2.70 bits per heavy atom. The van der Waals surface area contributed by atoms with Crippen LogP contribution in [-0.2, 0) is 4.79 Å². The number of rotatable bonds is 3. The fraction of sp³-hybridized carbons (Fsp3) is 0.429. The second-order valence-corrected chi connectivity index (χ2v) is 5.18. The predicted octanol–water partition coefficient (Wildman–Crippen LogP) is 0.810. The Labute approximate surface area is 123 Å². The van der Waals surface area contributed by atoms with Crippen molar-refractivity contribution >= 4 is 23.4 Å². The van der Waals surface area contributed by atoms with E-state index in [2.05, 4.69) is 10.6 Å². The van der Waals surface area contributed by atoms with Crippen LogP contribution in [0.15, 0.2) is 18.2 Å². The molecule has 108 valence electrons. The number of nitrogens with one attached hydrogen (secondary N) is 2.